The van der Waals surface area contributed by atoms with Gasteiger partial charge in [-0.1, -0.05) is 39.0 Å². The molecule has 4 aliphatic rings. The molecule has 3 amide bonds. The van der Waals surface area contributed by atoms with Gasteiger partial charge in [-0.2, -0.15) is 4.98 Å². The van der Waals surface area contributed by atoms with Crippen LogP contribution in [-0.4, -0.2) is 102 Å². The predicted molar refractivity (Wildman–Crippen MR) is 203 cm³/mol. The fourth-order valence-corrected chi connectivity index (χ4v) is 8.63. The molecular formula is C39H56N8O6. The smallest absolute Gasteiger partial charge is 0.326 e. The maximum Gasteiger partial charge on any atom is 0.326 e. The highest BCUT2D eigenvalue weighted by molar-refractivity contribution is 6.04. The molecule has 2 aromatic rings. The number of piperidine rings is 1. The van der Waals surface area contributed by atoms with Gasteiger partial charge >= 0.3 is 5.97 Å². The van der Waals surface area contributed by atoms with E-state index in [9.17, 15) is 24.3 Å². The molecule has 2 aliphatic carbocycles. The third kappa shape index (κ3) is 9.02. The van der Waals surface area contributed by atoms with Crippen LogP contribution in [0, 0.1) is 5.92 Å². The highest BCUT2D eigenvalue weighted by Crippen LogP contribution is 2.40. The molecule has 2 saturated carbocycles. The molecule has 288 valence electrons. The van der Waals surface area contributed by atoms with E-state index in [-0.39, 0.29) is 41.8 Å². The summed E-state index contributed by atoms with van der Waals surface area (Å²) in [6.07, 6.45) is 14.2. The van der Waals surface area contributed by atoms with E-state index in [1.54, 1.807) is 43.5 Å². The standard InChI is InChI=1S/C39H56N8O6/c1-4-30-37(50)45(2)31-24-40-39(44-35(31)47(30)28-13-8-9-14-28)42-29-17-16-26(23-32(29)53-3)36(49)41-27-18-21-46(22-19-27)20-10-15-33(48)43-34(38(51)52)25-11-6-5-7-12-25/h16-17,23-25,27-28,30,34H,4-15,18-22H2,1-3H3,(H,41,49)(H,43,48)(H,51,52)(H,40,42,44)/t30-,34-/m1/s1. The van der Waals surface area contributed by atoms with Crippen molar-refractivity contribution in [2.45, 2.75) is 121 Å². The van der Waals surface area contributed by atoms with Gasteiger partial charge in [0.2, 0.25) is 17.8 Å². The van der Waals surface area contributed by atoms with E-state index >= 15 is 0 Å². The van der Waals surface area contributed by atoms with Crippen LogP contribution in [0.1, 0.15) is 107 Å². The van der Waals surface area contributed by atoms with Gasteiger partial charge in [-0.3, -0.25) is 14.4 Å². The van der Waals surface area contributed by atoms with Crippen LogP contribution in [0.5, 0.6) is 5.75 Å². The summed E-state index contributed by atoms with van der Waals surface area (Å²) in [4.78, 5) is 66.6. The number of nitrogens with one attached hydrogen (secondary N) is 3. The number of benzene rings is 1. The van der Waals surface area contributed by atoms with E-state index in [0.29, 0.717) is 47.9 Å². The molecule has 3 fully saturated rings. The summed E-state index contributed by atoms with van der Waals surface area (Å²) in [6, 6.07) is 4.50. The first kappa shape index (κ1) is 38.3. The van der Waals surface area contributed by atoms with Crippen LogP contribution < -0.4 is 30.5 Å². The van der Waals surface area contributed by atoms with E-state index in [0.717, 1.165) is 96.1 Å². The number of ether oxygens (including phenoxy) is 1. The fourth-order valence-electron chi connectivity index (χ4n) is 8.63. The van der Waals surface area contributed by atoms with Crippen LogP contribution in [0.4, 0.5) is 23.1 Å². The number of fused-ring (bicyclic) bond motifs is 1. The number of hydrogen-bond donors (Lipinski definition) is 4. The molecule has 0 unspecified atom stereocenters. The Morgan fingerprint density at radius 3 is 2.42 bits per heavy atom. The first-order valence-corrected chi connectivity index (χ1v) is 19.6. The first-order valence-electron chi connectivity index (χ1n) is 19.6. The number of likely N-dealkylation sites (tertiary alicyclic amines) is 1. The van der Waals surface area contributed by atoms with Crippen LogP contribution in [0.2, 0.25) is 0 Å². The van der Waals surface area contributed by atoms with Crippen LogP contribution in [0.25, 0.3) is 0 Å². The lowest BCUT2D eigenvalue weighted by molar-refractivity contribution is -0.143. The molecule has 0 bridgehead atoms. The van der Waals surface area contributed by atoms with E-state index in [4.69, 9.17) is 9.72 Å². The second kappa shape index (κ2) is 17.6. The van der Waals surface area contributed by atoms with Crippen LogP contribution in [-0.2, 0) is 14.4 Å². The zero-order valence-corrected chi connectivity index (χ0v) is 31.4. The molecule has 0 spiro atoms. The van der Waals surface area contributed by atoms with Crippen molar-refractivity contribution in [3.8, 4) is 5.75 Å². The second-order valence-corrected chi connectivity index (χ2v) is 15.1. The van der Waals surface area contributed by atoms with E-state index in [1.807, 2.05) is 6.92 Å². The van der Waals surface area contributed by atoms with Gasteiger partial charge in [0.1, 0.15) is 23.5 Å². The largest absolute Gasteiger partial charge is 0.495 e. The Hall–Kier alpha value is -4.46. The third-order valence-corrected chi connectivity index (χ3v) is 11.6. The molecule has 2 atom stereocenters. The van der Waals surface area contributed by atoms with Gasteiger partial charge in [0.25, 0.3) is 5.91 Å². The van der Waals surface area contributed by atoms with Crippen molar-refractivity contribution >= 4 is 46.8 Å². The third-order valence-electron chi connectivity index (χ3n) is 11.6. The normalized spacial score (nSPS) is 20.9. The number of carboxylic acid groups (broad SMARTS) is 1. The van der Waals surface area contributed by atoms with E-state index < -0.39 is 12.0 Å². The Labute approximate surface area is 312 Å². The average molecular weight is 733 g/mol. The molecule has 53 heavy (non-hydrogen) atoms. The van der Waals surface area contributed by atoms with Crippen molar-refractivity contribution in [3.63, 3.8) is 0 Å². The summed E-state index contributed by atoms with van der Waals surface area (Å²) >= 11 is 0. The molecule has 0 radical (unpaired) electrons. The molecule has 4 N–H and O–H groups in total. The number of carbonyl (C=O) groups excluding carboxylic acids is 3. The van der Waals surface area contributed by atoms with Gasteiger partial charge in [-0.15, -0.1) is 0 Å². The Bertz CT molecular complexity index is 1620. The lowest BCUT2D eigenvalue weighted by Crippen LogP contribution is -2.55. The van der Waals surface area contributed by atoms with Gasteiger partial charge in [0.15, 0.2) is 5.82 Å². The first-order chi connectivity index (χ1) is 25.7. The maximum absolute atomic E-state index is 13.3. The minimum atomic E-state index is -0.940. The lowest BCUT2D eigenvalue weighted by Gasteiger charge is -2.43. The number of aromatic nitrogens is 2. The van der Waals surface area contributed by atoms with Crippen molar-refractivity contribution in [1.82, 2.24) is 25.5 Å². The number of hydrogen-bond acceptors (Lipinski definition) is 10. The topological polar surface area (TPSA) is 169 Å². The number of rotatable bonds is 14. The molecule has 1 aromatic heterocycles. The maximum atomic E-state index is 13.3. The number of methoxy groups -OCH3 is 1. The van der Waals surface area contributed by atoms with E-state index in [2.05, 4.69) is 30.7 Å². The zero-order chi connectivity index (χ0) is 37.5. The van der Waals surface area contributed by atoms with Crippen molar-refractivity contribution in [2.75, 3.05) is 48.9 Å². The van der Waals surface area contributed by atoms with Gasteiger partial charge in [-0.25, -0.2) is 9.78 Å². The van der Waals surface area contributed by atoms with Gasteiger partial charge in [0.05, 0.1) is 19.0 Å². The SMILES string of the molecule is CC[C@@H]1C(=O)N(C)c2cnc(Nc3ccc(C(=O)NC4CCN(CCCC(=O)N[C@@H](C(=O)O)C5CCCCC5)CC4)cc3OC)nc2N1C1CCCC1. The number of aliphatic carboxylic acids is 1. The van der Waals surface area contributed by atoms with Gasteiger partial charge in [-0.05, 0) is 82.0 Å². The molecule has 1 saturated heterocycles. The minimum absolute atomic E-state index is 0.0170. The van der Waals surface area contributed by atoms with Crippen molar-refractivity contribution in [2.24, 2.45) is 5.92 Å². The Kier molecular flexibility index (Phi) is 12.7. The quantitative estimate of drug-likeness (QED) is 0.209. The van der Waals surface area contributed by atoms with Crippen LogP contribution >= 0.6 is 0 Å². The summed E-state index contributed by atoms with van der Waals surface area (Å²) in [7, 11) is 3.34. The summed E-state index contributed by atoms with van der Waals surface area (Å²) in [5.74, 6) is 0.400. The molecule has 14 heteroatoms. The Morgan fingerprint density at radius 2 is 1.74 bits per heavy atom. The number of carboxylic acids is 1. The van der Waals surface area contributed by atoms with Crippen molar-refractivity contribution in [3.05, 3.63) is 30.0 Å². The van der Waals surface area contributed by atoms with Gasteiger partial charge in [0, 0.05) is 44.2 Å². The summed E-state index contributed by atoms with van der Waals surface area (Å²) in [6.45, 7) is 4.41. The Morgan fingerprint density at radius 1 is 1.02 bits per heavy atom. The molecule has 14 nitrogen and oxygen atoms in total. The second-order valence-electron chi connectivity index (χ2n) is 15.1. The fraction of sp³-hybridized carbons (Fsp3) is 0.641. The summed E-state index contributed by atoms with van der Waals surface area (Å²) in [5.41, 5.74) is 1.81. The highest BCUT2D eigenvalue weighted by atomic mass is 16.5. The van der Waals surface area contributed by atoms with E-state index in [1.165, 1.54) is 0 Å². The molecule has 1 aromatic carbocycles. The summed E-state index contributed by atoms with van der Waals surface area (Å²) in [5, 5.41) is 18.9. The highest BCUT2D eigenvalue weighted by Gasteiger charge is 2.41. The number of anilines is 4. The Balaban J connectivity index is 0.996. The van der Waals surface area contributed by atoms with Gasteiger partial charge < -0.3 is 40.5 Å². The zero-order valence-electron chi connectivity index (χ0n) is 31.4. The molecule has 6 rings (SSSR count). The summed E-state index contributed by atoms with van der Waals surface area (Å²) < 4.78 is 5.69. The minimum Gasteiger partial charge on any atom is -0.495 e. The molecule has 3 heterocycles. The average Bonchev–Trinajstić information content (AvgIpc) is 3.71. The monoisotopic (exact) mass is 732 g/mol. The van der Waals surface area contributed by atoms with Crippen molar-refractivity contribution in [1.29, 1.82) is 0 Å². The number of amides is 3. The lowest BCUT2D eigenvalue weighted by atomic mass is 9.84. The number of carbonyl (C=O) groups is 4. The number of likely N-dealkylation sites (N-methyl/N-ethyl adjacent to an activating group) is 1. The van der Waals surface area contributed by atoms with Crippen molar-refractivity contribution < 1.29 is 29.0 Å². The van der Waals surface area contributed by atoms with Crippen LogP contribution in [0.15, 0.2) is 24.4 Å². The van der Waals surface area contributed by atoms with Crippen LogP contribution in [0.3, 0.4) is 0 Å². The molecular weight excluding hydrogens is 676 g/mol. The molecule has 2 aliphatic heterocycles. The predicted octanol–water partition coefficient (Wildman–Crippen LogP) is 4.86. The number of nitrogens with zero attached hydrogens (tertiary/aromatic N) is 5.